The molecular formula is C14H16N2O3S. The summed E-state index contributed by atoms with van der Waals surface area (Å²) in [7, 11) is 0. The van der Waals surface area contributed by atoms with Crippen LogP contribution in [0.1, 0.15) is 27.9 Å². The Labute approximate surface area is 121 Å². The van der Waals surface area contributed by atoms with Crippen molar-refractivity contribution in [2.24, 2.45) is 0 Å². The lowest BCUT2D eigenvalue weighted by atomic mass is 10.2. The zero-order valence-corrected chi connectivity index (χ0v) is 12.0. The summed E-state index contributed by atoms with van der Waals surface area (Å²) in [4.78, 5) is 16.3. The standard InChI is InChI=1S/C14H16N2O3S/c1-2-19-13(17)12-11(16-14(15)20-12)9-18-8-10-6-4-3-5-7-10/h3-7H,2,8-9H2,1H3,(H2,15,16). The third kappa shape index (κ3) is 3.79. The molecule has 0 atom stereocenters. The minimum atomic E-state index is -0.403. The average Bonchev–Trinajstić information content (AvgIpc) is 2.81. The number of aromatic nitrogens is 1. The van der Waals surface area contributed by atoms with Crippen LogP contribution in [0.5, 0.6) is 0 Å². The Morgan fingerprint density at radius 1 is 1.30 bits per heavy atom. The van der Waals surface area contributed by atoms with Gasteiger partial charge in [-0.15, -0.1) is 0 Å². The largest absolute Gasteiger partial charge is 0.462 e. The van der Waals surface area contributed by atoms with Crippen LogP contribution >= 0.6 is 11.3 Å². The molecule has 0 saturated heterocycles. The lowest BCUT2D eigenvalue weighted by Gasteiger charge is -2.04. The topological polar surface area (TPSA) is 74.4 Å². The highest BCUT2D eigenvalue weighted by Gasteiger charge is 2.18. The third-order valence-corrected chi connectivity index (χ3v) is 3.43. The van der Waals surface area contributed by atoms with Crippen molar-refractivity contribution < 1.29 is 14.3 Å². The van der Waals surface area contributed by atoms with E-state index in [-0.39, 0.29) is 6.61 Å². The van der Waals surface area contributed by atoms with E-state index in [9.17, 15) is 4.79 Å². The van der Waals surface area contributed by atoms with Crippen LogP contribution in [0.4, 0.5) is 5.13 Å². The van der Waals surface area contributed by atoms with Crippen LogP contribution in [0.15, 0.2) is 30.3 Å². The molecule has 0 aliphatic heterocycles. The van der Waals surface area contributed by atoms with Gasteiger partial charge < -0.3 is 15.2 Å². The number of thiazole rings is 1. The Balaban J connectivity index is 1.97. The lowest BCUT2D eigenvalue weighted by Crippen LogP contribution is -2.06. The molecule has 0 aliphatic rings. The molecule has 106 valence electrons. The molecule has 0 bridgehead atoms. The van der Waals surface area contributed by atoms with Gasteiger partial charge >= 0.3 is 5.97 Å². The van der Waals surface area contributed by atoms with Gasteiger partial charge in [-0.3, -0.25) is 0 Å². The van der Waals surface area contributed by atoms with Gasteiger partial charge in [-0.25, -0.2) is 9.78 Å². The van der Waals surface area contributed by atoms with Crippen molar-refractivity contribution in [2.45, 2.75) is 20.1 Å². The van der Waals surface area contributed by atoms with Gasteiger partial charge in [-0.2, -0.15) is 0 Å². The Morgan fingerprint density at radius 3 is 2.75 bits per heavy atom. The van der Waals surface area contributed by atoms with Crippen LogP contribution in [0.3, 0.4) is 0 Å². The molecule has 5 nitrogen and oxygen atoms in total. The smallest absolute Gasteiger partial charge is 0.350 e. The number of nitrogens with two attached hydrogens (primary N) is 1. The summed E-state index contributed by atoms with van der Waals surface area (Å²) in [5, 5.41) is 0.339. The van der Waals surface area contributed by atoms with Crippen molar-refractivity contribution in [2.75, 3.05) is 12.3 Å². The van der Waals surface area contributed by atoms with Crippen molar-refractivity contribution in [1.29, 1.82) is 0 Å². The average molecular weight is 292 g/mol. The second kappa shape index (κ2) is 7.02. The number of carbonyl (C=O) groups excluding carboxylic acids is 1. The number of hydrogen-bond donors (Lipinski definition) is 1. The summed E-state index contributed by atoms with van der Waals surface area (Å²) in [6.45, 7) is 2.77. The normalized spacial score (nSPS) is 10.4. The van der Waals surface area contributed by atoms with Gasteiger partial charge in [0, 0.05) is 0 Å². The first-order chi connectivity index (χ1) is 9.70. The molecule has 0 fully saturated rings. The van der Waals surface area contributed by atoms with Crippen LogP contribution in [-0.4, -0.2) is 17.6 Å². The van der Waals surface area contributed by atoms with Crippen LogP contribution in [-0.2, 0) is 22.7 Å². The highest BCUT2D eigenvalue weighted by Crippen LogP contribution is 2.22. The Hall–Kier alpha value is -1.92. The fraction of sp³-hybridized carbons (Fsp3) is 0.286. The number of nitrogens with zero attached hydrogens (tertiary/aromatic N) is 1. The molecule has 1 heterocycles. The number of hydrogen-bond acceptors (Lipinski definition) is 6. The van der Waals surface area contributed by atoms with Gasteiger partial charge in [0.1, 0.15) is 4.88 Å². The molecule has 20 heavy (non-hydrogen) atoms. The monoisotopic (exact) mass is 292 g/mol. The van der Waals surface area contributed by atoms with E-state index >= 15 is 0 Å². The second-order valence-corrected chi connectivity index (χ2v) is 5.06. The van der Waals surface area contributed by atoms with Crippen molar-refractivity contribution in [1.82, 2.24) is 4.98 Å². The number of nitrogen functional groups attached to an aromatic ring is 1. The first-order valence-corrected chi connectivity index (χ1v) is 7.06. The van der Waals surface area contributed by atoms with Gasteiger partial charge in [-0.05, 0) is 12.5 Å². The van der Waals surface area contributed by atoms with E-state index in [4.69, 9.17) is 15.2 Å². The van der Waals surface area contributed by atoms with E-state index < -0.39 is 5.97 Å². The number of rotatable bonds is 6. The van der Waals surface area contributed by atoms with Crippen LogP contribution in [0.25, 0.3) is 0 Å². The van der Waals surface area contributed by atoms with E-state index in [1.54, 1.807) is 6.92 Å². The van der Waals surface area contributed by atoms with Gasteiger partial charge in [-0.1, -0.05) is 41.7 Å². The molecule has 6 heteroatoms. The van der Waals surface area contributed by atoms with Crippen LogP contribution in [0, 0.1) is 0 Å². The predicted molar refractivity (Wildman–Crippen MR) is 77.4 cm³/mol. The molecule has 0 spiro atoms. The number of benzene rings is 1. The maximum atomic E-state index is 11.7. The zero-order valence-electron chi connectivity index (χ0n) is 11.2. The maximum Gasteiger partial charge on any atom is 0.350 e. The van der Waals surface area contributed by atoms with Crippen molar-refractivity contribution in [3.63, 3.8) is 0 Å². The maximum absolute atomic E-state index is 11.7. The summed E-state index contributed by atoms with van der Waals surface area (Å²) < 4.78 is 10.5. The van der Waals surface area contributed by atoms with E-state index in [1.165, 1.54) is 0 Å². The summed E-state index contributed by atoms with van der Waals surface area (Å²) in [6.07, 6.45) is 0. The molecular weight excluding hydrogens is 276 g/mol. The molecule has 2 aromatic rings. The molecule has 2 rings (SSSR count). The number of ether oxygens (including phenoxy) is 2. The minimum absolute atomic E-state index is 0.233. The molecule has 0 aliphatic carbocycles. The summed E-state index contributed by atoms with van der Waals surface area (Å²) >= 11 is 1.12. The number of esters is 1. The Bertz CT molecular complexity index is 569. The lowest BCUT2D eigenvalue weighted by molar-refractivity contribution is 0.0522. The van der Waals surface area contributed by atoms with Gasteiger partial charge in [0.05, 0.1) is 25.5 Å². The third-order valence-electron chi connectivity index (χ3n) is 2.53. The van der Waals surface area contributed by atoms with Gasteiger partial charge in [0.15, 0.2) is 5.13 Å². The van der Waals surface area contributed by atoms with Crippen molar-refractivity contribution >= 4 is 22.4 Å². The van der Waals surface area contributed by atoms with E-state index in [0.717, 1.165) is 16.9 Å². The van der Waals surface area contributed by atoms with E-state index in [0.29, 0.717) is 28.9 Å². The Morgan fingerprint density at radius 2 is 2.05 bits per heavy atom. The van der Waals surface area contributed by atoms with Gasteiger partial charge in [0.2, 0.25) is 0 Å². The molecule has 2 N–H and O–H groups in total. The zero-order chi connectivity index (χ0) is 14.4. The first-order valence-electron chi connectivity index (χ1n) is 6.24. The van der Waals surface area contributed by atoms with Gasteiger partial charge in [0.25, 0.3) is 0 Å². The summed E-state index contributed by atoms with van der Waals surface area (Å²) in [6, 6.07) is 9.79. The fourth-order valence-electron chi connectivity index (χ4n) is 1.66. The molecule has 0 amide bonds. The van der Waals surface area contributed by atoms with Crippen molar-refractivity contribution in [3.8, 4) is 0 Å². The second-order valence-electron chi connectivity index (χ2n) is 4.03. The SMILES string of the molecule is CCOC(=O)c1sc(N)nc1COCc1ccccc1. The first kappa shape index (κ1) is 14.5. The predicted octanol–water partition coefficient (Wildman–Crippen LogP) is 2.62. The molecule has 0 radical (unpaired) electrons. The number of carbonyl (C=O) groups is 1. The summed E-state index contributed by atoms with van der Waals surface area (Å²) in [5.74, 6) is -0.403. The molecule has 1 aromatic carbocycles. The van der Waals surface area contributed by atoms with E-state index in [1.807, 2.05) is 30.3 Å². The quantitative estimate of drug-likeness (QED) is 0.828. The highest BCUT2D eigenvalue weighted by molar-refractivity contribution is 7.17. The molecule has 0 saturated carbocycles. The Kier molecular flexibility index (Phi) is 5.09. The van der Waals surface area contributed by atoms with Crippen LogP contribution < -0.4 is 5.73 Å². The molecule has 0 unspecified atom stereocenters. The van der Waals surface area contributed by atoms with Crippen LogP contribution in [0.2, 0.25) is 0 Å². The highest BCUT2D eigenvalue weighted by atomic mass is 32.1. The fourth-order valence-corrected chi connectivity index (χ4v) is 2.39. The van der Waals surface area contributed by atoms with Crippen molar-refractivity contribution in [3.05, 3.63) is 46.5 Å². The minimum Gasteiger partial charge on any atom is -0.462 e. The number of anilines is 1. The van der Waals surface area contributed by atoms with E-state index in [2.05, 4.69) is 4.98 Å². The molecule has 1 aromatic heterocycles. The summed E-state index contributed by atoms with van der Waals surface area (Å²) in [5.41, 5.74) is 7.23.